The maximum absolute atomic E-state index is 13.3. The molecule has 1 heterocycles. The molecule has 3 nitrogen and oxygen atoms in total. The van der Waals surface area contributed by atoms with E-state index in [4.69, 9.17) is 4.74 Å². The fourth-order valence-electron chi connectivity index (χ4n) is 1.44. The lowest BCUT2D eigenvalue weighted by Crippen LogP contribution is -2.02. The Hall–Kier alpha value is -2.17. The highest BCUT2D eigenvalue weighted by atomic mass is 19.1. The summed E-state index contributed by atoms with van der Waals surface area (Å²) in [6, 6.07) is 8.58. The Kier molecular flexibility index (Phi) is 3.72. The van der Waals surface area contributed by atoms with Crippen LogP contribution in [-0.4, -0.2) is 12.0 Å². The van der Waals surface area contributed by atoms with Crippen LogP contribution in [-0.2, 0) is 6.61 Å². The van der Waals surface area contributed by atoms with Gasteiger partial charge in [0.2, 0.25) is 0 Å². The molecule has 2 aromatic rings. The summed E-state index contributed by atoms with van der Waals surface area (Å²) in [6.45, 7) is 0.123. The molecule has 2 rings (SSSR count). The topological polar surface area (TPSA) is 34.1 Å². The highest BCUT2D eigenvalue weighted by Gasteiger charge is 2.05. The number of ether oxygens (including phenoxy) is 1. The Labute approximate surface area is 103 Å². The second-order valence-corrected chi connectivity index (χ2v) is 3.63. The fraction of sp³-hybridized carbons (Fsp3) is 0.154. The van der Waals surface area contributed by atoms with Gasteiger partial charge in [-0.15, -0.1) is 0 Å². The molecule has 0 saturated heterocycles. The normalized spacial score (nSPS) is 10.2. The van der Waals surface area contributed by atoms with Crippen molar-refractivity contribution in [2.45, 2.75) is 6.61 Å². The summed E-state index contributed by atoms with van der Waals surface area (Å²) in [4.78, 5) is 4.22. The third-order valence-corrected chi connectivity index (χ3v) is 2.33. The van der Waals surface area contributed by atoms with Crippen molar-refractivity contribution in [3.63, 3.8) is 0 Å². The van der Waals surface area contributed by atoms with Crippen LogP contribution >= 0.6 is 0 Å². The van der Waals surface area contributed by atoms with Crippen LogP contribution in [0, 0.1) is 11.6 Å². The van der Waals surface area contributed by atoms with Crippen molar-refractivity contribution in [2.75, 3.05) is 12.4 Å². The van der Waals surface area contributed by atoms with E-state index in [1.54, 1.807) is 13.1 Å². The lowest BCUT2D eigenvalue weighted by atomic mass is 10.3. The summed E-state index contributed by atoms with van der Waals surface area (Å²) in [7, 11) is 1.76. The first kappa shape index (κ1) is 12.3. The Morgan fingerprint density at radius 1 is 1.22 bits per heavy atom. The molecule has 0 radical (unpaired) electrons. The summed E-state index contributed by atoms with van der Waals surface area (Å²) < 4.78 is 31.2. The summed E-state index contributed by atoms with van der Waals surface area (Å²) in [5.41, 5.74) is 0.658. The second-order valence-electron chi connectivity index (χ2n) is 3.63. The minimum absolute atomic E-state index is 0.00746. The van der Waals surface area contributed by atoms with Gasteiger partial charge < -0.3 is 10.1 Å². The van der Waals surface area contributed by atoms with E-state index in [1.165, 1.54) is 6.07 Å². The molecule has 5 heteroatoms. The summed E-state index contributed by atoms with van der Waals surface area (Å²) in [6.07, 6.45) is 0. The van der Waals surface area contributed by atoms with Gasteiger partial charge in [0.05, 0.1) is 5.69 Å². The zero-order chi connectivity index (χ0) is 13.0. The number of nitrogens with one attached hydrogen (secondary N) is 1. The number of hydrogen-bond donors (Lipinski definition) is 1. The maximum Gasteiger partial charge on any atom is 0.167 e. The maximum atomic E-state index is 13.3. The Morgan fingerprint density at radius 3 is 2.78 bits per heavy atom. The molecule has 18 heavy (non-hydrogen) atoms. The van der Waals surface area contributed by atoms with Crippen molar-refractivity contribution in [1.29, 1.82) is 0 Å². The Bertz CT molecular complexity index is 546. The Morgan fingerprint density at radius 2 is 2.06 bits per heavy atom. The number of rotatable bonds is 4. The lowest BCUT2D eigenvalue weighted by molar-refractivity contribution is 0.285. The molecule has 0 fully saturated rings. The van der Waals surface area contributed by atoms with E-state index in [9.17, 15) is 8.78 Å². The van der Waals surface area contributed by atoms with E-state index in [0.717, 1.165) is 12.1 Å². The van der Waals surface area contributed by atoms with E-state index in [1.807, 2.05) is 12.1 Å². The van der Waals surface area contributed by atoms with Crippen LogP contribution in [0.4, 0.5) is 14.6 Å². The molecule has 0 spiro atoms. The van der Waals surface area contributed by atoms with Gasteiger partial charge in [0.1, 0.15) is 18.2 Å². The molecule has 1 N–H and O–H groups in total. The number of halogens is 2. The number of hydrogen-bond acceptors (Lipinski definition) is 3. The molecule has 94 valence electrons. The second kappa shape index (κ2) is 5.44. The van der Waals surface area contributed by atoms with Crippen LogP contribution in [0.15, 0.2) is 36.4 Å². The number of nitrogens with zero attached hydrogens (tertiary/aromatic N) is 1. The molecule has 1 aromatic carbocycles. The molecular formula is C13H12F2N2O. The number of pyridine rings is 1. The first-order valence-electron chi connectivity index (χ1n) is 5.40. The van der Waals surface area contributed by atoms with E-state index >= 15 is 0 Å². The first-order chi connectivity index (χ1) is 8.69. The van der Waals surface area contributed by atoms with Crippen LogP contribution in [0.3, 0.4) is 0 Å². The van der Waals surface area contributed by atoms with Crippen LogP contribution < -0.4 is 10.1 Å². The predicted octanol–water partition coefficient (Wildman–Crippen LogP) is 2.98. The highest BCUT2D eigenvalue weighted by Crippen LogP contribution is 2.18. The van der Waals surface area contributed by atoms with Crippen molar-refractivity contribution in [2.24, 2.45) is 0 Å². The zero-order valence-corrected chi connectivity index (χ0v) is 9.78. The average molecular weight is 250 g/mol. The van der Waals surface area contributed by atoms with Crippen LogP contribution in [0.5, 0.6) is 5.75 Å². The highest BCUT2D eigenvalue weighted by molar-refractivity contribution is 5.34. The molecule has 0 aliphatic heterocycles. The summed E-state index contributed by atoms with van der Waals surface area (Å²) in [5, 5.41) is 2.89. The average Bonchev–Trinajstić information content (AvgIpc) is 2.38. The molecule has 0 atom stereocenters. The number of aromatic nitrogens is 1. The third kappa shape index (κ3) is 2.94. The molecule has 1 aromatic heterocycles. The first-order valence-corrected chi connectivity index (χ1v) is 5.40. The number of anilines is 1. The largest absolute Gasteiger partial charge is 0.484 e. The smallest absolute Gasteiger partial charge is 0.167 e. The van der Waals surface area contributed by atoms with E-state index in [0.29, 0.717) is 11.5 Å². The molecule has 0 amide bonds. The standard InChI is InChI=1S/C13H12F2N2O/c1-16-13-4-2-3-10(17-13)8-18-12-6-5-9(14)7-11(12)15/h2-7H,8H2,1H3,(H,16,17). The molecule has 0 aliphatic carbocycles. The van der Waals surface area contributed by atoms with Gasteiger partial charge in [0.15, 0.2) is 11.6 Å². The molecular weight excluding hydrogens is 238 g/mol. The summed E-state index contributed by atoms with van der Waals surface area (Å²) >= 11 is 0. The Balaban J connectivity index is 2.06. The monoisotopic (exact) mass is 250 g/mol. The molecule has 0 bridgehead atoms. The van der Waals surface area contributed by atoms with Crippen molar-refractivity contribution in [3.05, 3.63) is 53.7 Å². The molecule has 0 saturated carbocycles. The van der Waals surface area contributed by atoms with E-state index in [-0.39, 0.29) is 12.4 Å². The van der Waals surface area contributed by atoms with Crippen LogP contribution in [0.25, 0.3) is 0 Å². The lowest BCUT2D eigenvalue weighted by Gasteiger charge is -2.07. The van der Waals surface area contributed by atoms with Crippen molar-refractivity contribution in [1.82, 2.24) is 4.98 Å². The van der Waals surface area contributed by atoms with Gasteiger partial charge in [-0.3, -0.25) is 0 Å². The number of benzene rings is 1. The SMILES string of the molecule is CNc1cccc(COc2ccc(F)cc2F)n1. The van der Waals surface area contributed by atoms with Gasteiger partial charge in [-0.25, -0.2) is 13.8 Å². The molecule has 0 unspecified atom stereocenters. The minimum atomic E-state index is -0.722. The zero-order valence-electron chi connectivity index (χ0n) is 9.78. The van der Waals surface area contributed by atoms with Crippen molar-refractivity contribution in [3.8, 4) is 5.75 Å². The van der Waals surface area contributed by atoms with Gasteiger partial charge >= 0.3 is 0 Å². The predicted molar refractivity (Wildman–Crippen MR) is 64.5 cm³/mol. The van der Waals surface area contributed by atoms with Gasteiger partial charge in [0.25, 0.3) is 0 Å². The minimum Gasteiger partial charge on any atom is -0.484 e. The van der Waals surface area contributed by atoms with Crippen molar-refractivity contribution < 1.29 is 13.5 Å². The quantitative estimate of drug-likeness (QED) is 0.905. The van der Waals surface area contributed by atoms with Gasteiger partial charge in [-0.2, -0.15) is 0 Å². The van der Waals surface area contributed by atoms with E-state index in [2.05, 4.69) is 10.3 Å². The van der Waals surface area contributed by atoms with Crippen molar-refractivity contribution >= 4 is 5.82 Å². The van der Waals surface area contributed by atoms with Crippen LogP contribution in [0.2, 0.25) is 0 Å². The fourth-order valence-corrected chi connectivity index (χ4v) is 1.44. The van der Waals surface area contributed by atoms with E-state index < -0.39 is 11.6 Å². The summed E-state index contributed by atoms with van der Waals surface area (Å²) in [5.74, 6) is -0.640. The third-order valence-electron chi connectivity index (χ3n) is 2.33. The van der Waals surface area contributed by atoms with Gasteiger partial charge in [0, 0.05) is 13.1 Å². The van der Waals surface area contributed by atoms with Gasteiger partial charge in [-0.1, -0.05) is 6.07 Å². The molecule has 0 aliphatic rings. The van der Waals surface area contributed by atoms with Crippen LogP contribution in [0.1, 0.15) is 5.69 Å². The van der Waals surface area contributed by atoms with Gasteiger partial charge in [-0.05, 0) is 24.3 Å².